The maximum absolute atomic E-state index is 12.7. The minimum absolute atomic E-state index is 0.0521. The minimum atomic E-state index is -4.49. The van der Waals surface area contributed by atoms with Crippen LogP contribution in [0.3, 0.4) is 0 Å². The maximum atomic E-state index is 12.7. The van der Waals surface area contributed by atoms with Gasteiger partial charge in [0.25, 0.3) is 0 Å². The van der Waals surface area contributed by atoms with Crippen molar-refractivity contribution < 1.29 is 33.2 Å². The first-order valence-corrected chi connectivity index (χ1v) is 10.6. The van der Waals surface area contributed by atoms with Gasteiger partial charge in [-0.3, -0.25) is 0 Å². The number of halogens is 3. The largest absolute Gasteiger partial charge is 0.478 e. The summed E-state index contributed by atoms with van der Waals surface area (Å²) in [4.78, 5) is 12.3. The molecular weight excluding hydrogens is 455 g/mol. The molecule has 12 heteroatoms. The summed E-state index contributed by atoms with van der Waals surface area (Å²) in [6.07, 6.45) is -3.89. The monoisotopic (exact) mass is 481 g/mol. The lowest BCUT2D eigenvalue weighted by Gasteiger charge is -2.30. The highest BCUT2D eigenvalue weighted by atomic mass is 19.4. The fourth-order valence-electron chi connectivity index (χ4n) is 3.53. The summed E-state index contributed by atoms with van der Waals surface area (Å²) in [6.45, 7) is 2.15. The number of anilines is 2. The van der Waals surface area contributed by atoms with E-state index in [0.717, 1.165) is 0 Å². The van der Waals surface area contributed by atoms with Gasteiger partial charge in [0, 0.05) is 30.4 Å². The first-order chi connectivity index (χ1) is 16.0. The number of hydrogen-bond donors (Lipinski definition) is 5. The van der Waals surface area contributed by atoms with Crippen molar-refractivity contribution in [2.24, 2.45) is 5.92 Å². The number of ether oxygens (including phenoxy) is 1. The Morgan fingerprint density at radius 3 is 2.62 bits per heavy atom. The molecule has 5 N–H and O–H groups in total. The van der Waals surface area contributed by atoms with Gasteiger partial charge in [0.2, 0.25) is 11.8 Å². The fraction of sp³-hybridized carbons (Fsp3) is 0.500. The van der Waals surface area contributed by atoms with Gasteiger partial charge >= 0.3 is 6.18 Å². The van der Waals surface area contributed by atoms with Gasteiger partial charge in [0.15, 0.2) is 5.72 Å². The van der Waals surface area contributed by atoms with E-state index in [4.69, 9.17) is 4.74 Å². The first-order valence-electron chi connectivity index (χ1n) is 10.6. The van der Waals surface area contributed by atoms with Gasteiger partial charge in [-0.15, -0.1) is 0 Å². The molecule has 3 rings (SSSR count). The molecule has 0 aliphatic heterocycles. The second kappa shape index (κ2) is 10.4. The van der Waals surface area contributed by atoms with Gasteiger partial charge in [0.05, 0.1) is 17.9 Å². The lowest BCUT2D eigenvalue weighted by Crippen LogP contribution is -2.48. The lowest BCUT2D eigenvalue weighted by molar-refractivity contribution is -0.115. The fourth-order valence-corrected chi connectivity index (χ4v) is 3.53. The van der Waals surface area contributed by atoms with Crippen LogP contribution in [0.15, 0.2) is 18.3 Å². The zero-order chi connectivity index (χ0) is 24.9. The zero-order valence-corrected chi connectivity index (χ0v) is 18.6. The molecular formula is C22H26F3N5O4. The van der Waals surface area contributed by atoms with E-state index in [-0.39, 0.29) is 36.1 Å². The Hall–Kier alpha value is -3.14. The highest BCUT2D eigenvalue weighted by Gasteiger charge is 2.47. The number of aryl methyl sites for hydroxylation is 1. The molecule has 2 heterocycles. The van der Waals surface area contributed by atoms with Crippen molar-refractivity contribution in [3.05, 3.63) is 35.2 Å². The summed E-state index contributed by atoms with van der Waals surface area (Å²) < 4.78 is 43.3. The smallest absolute Gasteiger partial charge is 0.405 e. The molecule has 0 saturated heterocycles. The Morgan fingerprint density at radius 1 is 1.26 bits per heavy atom. The molecule has 2 aromatic rings. The van der Waals surface area contributed by atoms with Crippen LogP contribution < -0.4 is 15.4 Å². The first kappa shape index (κ1) is 25.5. The Morgan fingerprint density at radius 2 is 2.03 bits per heavy atom. The van der Waals surface area contributed by atoms with E-state index in [2.05, 4.69) is 37.4 Å². The van der Waals surface area contributed by atoms with E-state index in [1.54, 1.807) is 12.1 Å². The van der Waals surface area contributed by atoms with Gasteiger partial charge in [-0.2, -0.15) is 18.2 Å². The number of aliphatic hydroxyl groups is 3. The molecule has 2 aromatic heterocycles. The molecule has 3 atom stereocenters. The molecule has 1 saturated carbocycles. The third-order valence-corrected chi connectivity index (χ3v) is 5.30. The molecule has 9 nitrogen and oxygen atoms in total. The molecule has 1 fully saturated rings. The van der Waals surface area contributed by atoms with Crippen molar-refractivity contribution >= 4 is 11.8 Å². The van der Waals surface area contributed by atoms with Crippen LogP contribution in [-0.4, -0.2) is 68.0 Å². The van der Waals surface area contributed by atoms with Gasteiger partial charge in [-0.05, 0) is 32.8 Å². The predicted molar refractivity (Wildman–Crippen MR) is 117 cm³/mol. The van der Waals surface area contributed by atoms with E-state index < -0.39 is 30.5 Å². The van der Waals surface area contributed by atoms with Crippen molar-refractivity contribution in [1.29, 1.82) is 0 Å². The van der Waals surface area contributed by atoms with Gasteiger partial charge in [0.1, 0.15) is 18.5 Å². The van der Waals surface area contributed by atoms with Crippen LogP contribution >= 0.6 is 0 Å². The van der Waals surface area contributed by atoms with Crippen LogP contribution in [0.1, 0.15) is 36.6 Å². The lowest BCUT2D eigenvalue weighted by atomic mass is 10.0. The Labute approximate surface area is 194 Å². The summed E-state index contributed by atoms with van der Waals surface area (Å²) in [6, 6.07) is 3.33. The average Bonchev–Trinajstić information content (AvgIpc) is 3.06. The zero-order valence-electron chi connectivity index (χ0n) is 18.6. The van der Waals surface area contributed by atoms with Crippen molar-refractivity contribution in [1.82, 2.24) is 15.0 Å². The Balaban J connectivity index is 1.96. The third-order valence-electron chi connectivity index (χ3n) is 5.30. The highest BCUT2D eigenvalue weighted by molar-refractivity contribution is 5.61. The normalized spacial score (nSPS) is 22.1. The number of nitrogens with zero attached hydrogens (tertiary/aromatic N) is 3. The number of aromatic nitrogens is 3. The molecule has 0 amide bonds. The number of rotatable bonds is 7. The van der Waals surface area contributed by atoms with Gasteiger partial charge < -0.3 is 30.7 Å². The van der Waals surface area contributed by atoms with E-state index in [1.807, 2.05) is 6.92 Å². The van der Waals surface area contributed by atoms with Crippen LogP contribution in [0, 0.1) is 24.7 Å². The molecule has 0 radical (unpaired) electrons. The number of hydrogen-bond acceptors (Lipinski definition) is 9. The topological polar surface area (TPSA) is 133 Å². The maximum Gasteiger partial charge on any atom is 0.405 e. The van der Waals surface area contributed by atoms with Crippen molar-refractivity contribution in [3.63, 3.8) is 0 Å². The van der Waals surface area contributed by atoms with Crippen LogP contribution in [0.4, 0.5) is 24.9 Å². The molecule has 0 bridgehead atoms. The molecule has 1 aliphatic carbocycles. The minimum Gasteiger partial charge on any atom is -0.478 e. The quantitative estimate of drug-likeness (QED) is 0.297. The van der Waals surface area contributed by atoms with Crippen molar-refractivity contribution in [2.45, 2.75) is 44.7 Å². The Kier molecular flexibility index (Phi) is 7.81. The summed E-state index contributed by atoms with van der Waals surface area (Å²) in [5, 5.41) is 35.6. The summed E-state index contributed by atoms with van der Waals surface area (Å²) in [7, 11) is 0. The number of aliphatic hydroxyl groups excluding tert-OH is 2. The van der Waals surface area contributed by atoms with E-state index in [1.165, 1.54) is 13.1 Å². The van der Waals surface area contributed by atoms with Crippen molar-refractivity contribution in [3.8, 4) is 17.7 Å². The molecule has 3 unspecified atom stereocenters. The molecule has 0 spiro atoms. The van der Waals surface area contributed by atoms with Gasteiger partial charge in [-0.1, -0.05) is 11.8 Å². The molecule has 184 valence electrons. The number of alkyl halides is 3. The number of nitrogens with one attached hydrogen (secondary N) is 2. The van der Waals surface area contributed by atoms with E-state index in [9.17, 15) is 28.5 Å². The summed E-state index contributed by atoms with van der Waals surface area (Å²) >= 11 is 0. The molecule has 1 aliphatic rings. The molecule has 34 heavy (non-hydrogen) atoms. The van der Waals surface area contributed by atoms with E-state index in [0.29, 0.717) is 24.5 Å². The van der Waals surface area contributed by atoms with Crippen molar-refractivity contribution in [2.75, 3.05) is 30.4 Å². The summed E-state index contributed by atoms with van der Waals surface area (Å²) in [5.74, 6) is 5.26. The van der Waals surface area contributed by atoms with Crippen LogP contribution in [0.2, 0.25) is 0 Å². The second-order valence-corrected chi connectivity index (χ2v) is 7.87. The van der Waals surface area contributed by atoms with Crippen LogP contribution in [-0.2, 0) is 0 Å². The van der Waals surface area contributed by atoms with Gasteiger partial charge in [-0.25, -0.2) is 9.97 Å². The summed E-state index contributed by atoms with van der Waals surface area (Å²) in [5.41, 5.74) is -0.844. The van der Waals surface area contributed by atoms with Crippen LogP contribution in [0.5, 0.6) is 5.88 Å². The average molecular weight is 481 g/mol. The predicted octanol–water partition coefficient (Wildman–Crippen LogP) is 1.82. The standard InChI is InChI=1S/C22H26F3N5O4/c1-3-34-17-7-5-14(10-26-17)4-6-16-13(2)28-20(27-12-22(23,24)25)29-19(16)30-21(33)9-8-15(11-31)18(21)32/h5,7,10,15,18,31-33H,3,8-9,11-12H2,1-2H3,(H2,27,28,29,30). The third kappa shape index (κ3) is 6.25. The van der Waals surface area contributed by atoms with Crippen LogP contribution in [0.25, 0.3) is 0 Å². The number of pyridine rings is 1. The highest BCUT2D eigenvalue weighted by Crippen LogP contribution is 2.36. The Bertz CT molecular complexity index is 1060. The second-order valence-electron chi connectivity index (χ2n) is 7.87. The SMILES string of the molecule is CCOc1ccc(C#Cc2c(C)nc(NCC(F)(F)F)nc2NC2(O)CCC(CO)C2O)cn1. The van der Waals surface area contributed by atoms with E-state index >= 15 is 0 Å². The molecule has 0 aromatic carbocycles.